The number of azo groups is 1. The summed E-state index contributed by atoms with van der Waals surface area (Å²) in [4.78, 5) is 14.6. The van der Waals surface area contributed by atoms with Gasteiger partial charge in [-0.3, -0.25) is 0 Å². The van der Waals surface area contributed by atoms with E-state index in [-0.39, 0.29) is 17.0 Å². The molecule has 6 heteroatoms. The van der Waals surface area contributed by atoms with Crippen LogP contribution in [0.4, 0.5) is 17.1 Å². The van der Waals surface area contributed by atoms with Crippen LogP contribution >= 0.6 is 0 Å². The zero-order valence-electron chi connectivity index (χ0n) is 17.3. The van der Waals surface area contributed by atoms with Crippen molar-refractivity contribution in [3.05, 3.63) is 60.2 Å². The Kier molecular flexibility index (Phi) is 5.55. The second kappa shape index (κ2) is 7.91. The molecule has 0 unspecified atom stereocenters. The van der Waals surface area contributed by atoms with Crippen molar-refractivity contribution in [2.45, 2.75) is 26.4 Å². The first-order valence-electron chi connectivity index (χ1n) is 9.33. The van der Waals surface area contributed by atoms with Crippen LogP contribution in [0.25, 0.3) is 10.8 Å². The second-order valence-electron chi connectivity index (χ2n) is 7.96. The smallest absolute Gasteiger partial charge is 0.342 e. The van der Waals surface area contributed by atoms with Gasteiger partial charge in [0, 0.05) is 25.2 Å². The van der Waals surface area contributed by atoms with Gasteiger partial charge in [-0.25, -0.2) is 4.79 Å². The molecule has 0 heterocycles. The number of anilines is 1. The maximum absolute atomic E-state index is 12.6. The summed E-state index contributed by atoms with van der Waals surface area (Å²) in [5.74, 6) is -0.848. The van der Waals surface area contributed by atoms with Crippen molar-refractivity contribution in [2.24, 2.45) is 10.2 Å². The molecule has 0 bridgehead atoms. The third-order valence-corrected chi connectivity index (χ3v) is 4.25. The van der Waals surface area contributed by atoms with Crippen LogP contribution in [0.3, 0.4) is 0 Å². The van der Waals surface area contributed by atoms with Crippen molar-refractivity contribution in [1.82, 2.24) is 0 Å². The van der Waals surface area contributed by atoms with Gasteiger partial charge in [-0.2, -0.15) is 5.11 Å². The van der Waals surface area contributed by atoms with Crippen molar-refractivity contribution in [1.29, 1.82) is 0 Å². The number of phenols is 1. The van der Waals surface area contributed by atoms with Crippen LogP contribution in [-0.4, -0.2) is 30.8 Å². The van der Waals surface area contributed by atoms with E-state index in [0.717, 1.165) is 11.1 Å². The first kappa shape index (κ1) is 20.3. The van der Waals surface area contributed by atoms with Gasteiger partial charge in [0.15, 0.2) is 5.75 Å². The lowest BCUT2D eigenvalue weighted by Crippen LogP contribution is -2.23. The Bertz CT molecular complexity index is 1070. The number of ether oxygens (including phenoxy) is 1. The molecule has 150 valence electrons. The molecule has 0 aliphatic rings. The number of phenolic OH excluding ortho intramolecular Hbond substituents is 1. The summed E-state index contributed by atoms with van der Waals surface area (Å²) in [7, 11) is 3.92. The van der Waals surface area contributed by atoms with E-state index in [4.69, 9.17) is 4.74 Å². The lowest BCUT2D eigenvalue weighted by atomic mass is 10.0. The van der Waals surface area contributed by atoms with Gasteiger partial charge in [0.05, 0.1) is 5.69 Å². The maximum atomic E-state index is 12.6. The van der Waals surface area contributed by atoms with Crippen LogP contribution in [-0.2, 0) is 4.74 Å². The van der Waals surface area contributed by atoms with Crippen LogP contribution in [0.2, 0.25) is 0 Å². The quantitative estimate of drug-likeness (QED) is 0.438. The minimum Gasteiger partial charge on any atom is -0.505 e. The van der Waals surface area contributed by atoms with Crippen LogP contribution in [0.1, 0.15) is 31.1 Å². The standard InChI is InChI=1S/C23H25N3O3/c1-23(2,3)29-22(28)19-14-15-8-6-7-9-18(15)20(21(19)27)25-24-16-10-12-17(13-11-16)26(4)5/h6-14,27H,1-5H3. The van der Waals surface area contributed by atoms with Gasteiger partial charge in [-0.15, -0.1) is 5.11 Å². The van der Waals surface area contributed by atoms with Gasteiger partial charge in [-0.05, 0) is 56.5 Å². The monoisotopic (exact) mass is 391 g/mol. The topological polar surface area (TPSA) is 74.5 Å². The highest BCUT2D eigenvalue weighted by Crippen LogP contribution is 2.40. The molecule has 0 aliphatic carbocycles. The number of hydrogen-bond donors (Lipinski definition) is 1. The molecule has 0 fully saturated rings. The Morgan fingerprint density at radius 1 is 1.00 bits per heavy atom. The van der Waals surface area contributed by atoms with Crippen LogP contribution in [0.15, 0.2) is 64.8 Å². The molecular weight excluding hydrogens is 366 g/mol. The minimum atomic E-state index is -0.676. The molecule has 3 rings (SSSR count). The number of benzene rings is 3. The fraction of sp³-hybridized carbons (Fsp3) is 0.261. The first-order valence-corrected chi connectivity index (χ1v) is 9.33. The van der Waals surface area contributed by atoms with Gasteiger partial charge in [-0.1, -0.05) is 24.3 Å². The van der Waals surface area contributed by atoms with E-state index in [2.05, 4.69) is 10.2 Å². The molecule has 6 nitrogen and oxygen atoms in total. The molecule has 0 amide bonds. The molecule has 0 saturated heterocycles. The number of rotatable bonds is 4. The van der Waals surface area contributed by atoms with Gasteiger partial charge in [0.2, 0.25) is 0 Å². The number of aromatic hydroxyl groups is 1. The molecule has 0 radical (unpaired) electrons. The van der Waals surface area contributed by atoms with Crippen LogP contribution in [0.5, 0.6) is 5.75 Å². The molecule has 3 aromatic carbocycles. The van der Waals surface area contributed by atoms with Crippen molar-refractivity contribution >= 4 is 33.8 Å². The zero-order valence-corrected chi connectivity index (χ0v) is 17.3. The Labute approximate surface area is 170 Å². The van der Waals surface area contributed by atoms with Crippen molar-refractivity contribution in [3.8, 4) is 5.75 Å². The van der Waals surface area contributed by atoms with Crippen molar-refractivity contribution in [3.63, 3.8) is 0 Å². The SMILES string of the molecule is CN(C)c1ccc(N=Nc2c(O)c(C(=O)OC(C)(C)C)cc3ccccc23)cc1. The number of carbonyl (C=O) groups excluding carboxylic acids is 1. The fourth-order valence-electron chi connectivity index (χ4n) is 2.83. The molecule has 3 aromatic rings. The first-order chi connectivity index (χ1) is 13.7. The van der Waals surface area contributed by atoms with Gasteiger partial charge < -0.3 is 14.7 Å². The summed E-state index contributed by atoms with van der Waals surface area (Å²) in [6, 6.07) is 16.6. The highest BCUT2D eigenvalue weighted by atomic mass is 16.6. The summed E-state index contributed by atoms with van der Waals surface area (Å²) in [6.07, 6.45) is 0. The largest absolute Gasteiger partial charge is 0.505 e. The molecule has 0 atom stereocenters. The van der Waals surface area contributed by atoms with Crippen molar-refractivity contribution < 1.29 is 14.6 Å². The zero-order chi connectivity index (χ0) is 21.2. The summed E-state index contributed by atoms with van der Waals surface area (Å²) in [5, 5.41) is 20.8. The minimum absolute atomic E-state index is 0.0653. The summed E-state index contributed by atoms with van der Waals surface area (Å²) in [6.45, 7) is 5.34. The highest BCUT2D eigenvalue weighted by Gasteiger charge is 2.23. The second-order valence-corrected chi connectivity index (χ2v) is 7.96. The van der Waals surface area contributed by atoms with E-state index < -0.39 is 11.6 Å². The summed E-state index contributed by atoms with van der Waals surface area (Å²) >= 11 is 0. The molecule has 0 spiro atoms. The number of hydrogen-bond acceptors (Lipinski definition) is 6. The molecule has 0 aliphatic heterocycles. The van der Waals surface area contributed by atoms with Crippen LogP contribution in [0, 0.1) is 0 Å². The number of esters is 1. The van der Waals surface area contributed by atoms with E-state index in [1.807, 2.05) is 67.5 Å². The molecule has 0 aromatic heterocycles. The molecule has 1 N–H and O–H groups in total. The lowest BCUT2D eigenvalue weighted by Gasteiger charge is -2.20. The van der Waals surface area contributed by atoms with Gasteiger partial charge >= 0.3 is 5.97 Å². The average Bonchev–Trinajstić information content (AvgIpc) is 2.65. The lowest BCUT2D eigenvalue weighted by molar-refractivity contribution is 0.00671. The Hall–Kier alpha value is -3.41. The fourth-order valence-corrected chi connectivity index (χ4v) is 2.83. The van der Waals surface area contributed by atoms with E-state index in [0.29, 0.717) is 11.1 Å². The molecule has 0 saturated carbocycles. The van der Waals surface area contributed by atoms with E-state index in [1.165, 1.54) is 0 Å². The van der Waals surface area contributed by atoms with Crippen LogP contribution < -0.4 is 4.90 Å². The summed E-state index contributed by atoms with van der Waals surface area (Å²) < 4.78 is 5.43. The Morgan fingerprint density at radius 2 is 1.66 bits per heavy atom. The Balaban J connectivity index is 2.06. The number of nitrogens with zero attached hydrogens (tertiary/aromatic N) is 3. The molecule has 29 heavy (non-hydrogen) atoms. The highest BCUT2D eigenvalue weighted by molar-refractivity contribution is 6.05. The number of carbonyl (C=O) groups is 1. The average molecular weight is 391 g/mol. The molecular formula is C23H25N3O3. The maximum Gasteiger partial charge on any atom is 0.342 e. The predicted molar refractivity (Wildman–Crippen MR) is 116 cm³/mol. The number of fused-ring (bicyclic) bond motifs is 1. The van der Waals surface area contributed by atoms with Crippen molar-refractivity contribution in [2.75, 3.05) is 19.0 Å². The normalized spacial score (nSPS) is 11.8. The van der Waals surface area contributed by atoms with E-state index in [1.54, 1.807) is 26.8 Å². The van der Waals surface area contributed by atoms with E-state index in [9.17, 15) is 9.90 Å². The van der Waals surface area contributed by atoms with E-state index >= 15 is 0 Å². The summed E-state index contributed by atoms with van der Waals surface area (Å²) in [5.41, 5.74) is 1.31. The third-order valence-electron chi connectivity index (χ3n) is 4.25. The third kappa shape index (κ3) is 4.71. The van der Waals surface area contributed by atoms with Gasteiger partial charge in [0.25, 0.3) is 0 Å². The predicted octanol–water partition coefficient (Wildman–Crippen LogP) is 5.98. The van der Waals surface area contributed by atoms with Gasteiger partial charge in [0.1, 0.15) is 16.9 Å². The Morgan fingerprint density at radius 3 is 2.28 bits per heavy atom.